The molecule has 0 aliphatic rings. The van der Waals surface area contributed by atoms with Crippen LogP contribution in [0.5, 0.6) is 0 Å². The minimum atomic E-state index is 0.0917. The van der Waals surface area contributed by atoms with Gasteiger partial charge in [0.15, 0.2) is 0 Å². The summed E-state index contributed by atoms with van der Waals surface area (Å²) in [7, 11) is 3.33. The molecule has 0 aromatic rings. The van der Waals surface area contributed by atoms with Gasteiger partial charge < -0.3 is 25.7 Å². The second kappa shape index (κ2) is 10.7. The second-order valence-corrected chi connectivity index (χ2v) is 3.57. The number of hydrogen-bond acceptors (Lipinski definition) is 5. The third-order valence-corrected chi connectivity index (χ3v) is 2.22. The van der Waals surface area contributed by atoms with Crippen LogP contribution < -0.4 is 11.1 Å². The molecule has 16 heavy (non-hydrogen) atoms. The van der Waals surface area contributed by atoms with E-state index in [1.165, 1.54) is 0 Å². The van der Waals surface area contributed by atoms with Crippen LogP contribution in [0, 0.1) is 0 Å². The van der Waals surface area contributed by atoms with Gasteiger partial charge in [-0.1, -0.05) is 5.16 Å². The lowest BCUT2D eigenvalue weighted by atomic mass is 10.2. The van der Waals surface area contributed by atoms with Crippen molar-refractivity contribution in [1.29, 1.82) is 0 Å². The number of nitrogens with two attached hydrogens (primary N) is 1. The van der Waals surface area contributed by atoms with Gasteiger partial charge in [0.25, 0.3) is 0 Å². The summed E-state index contributed by atoms with van der Waals surface area (Å²) >= 11 is 0. The molecule has 0 radical (unpaired) electrons. The lowest BCUT2D eigenvalue weighted by Gasteiger charge is -2.14. The summed E-state index contributed by atoms with van der Waals surface area (Å²) in [6, 6.07) is 0. The number of methoxy groups -OCH3 is 2. The van der Waals surface area contributed by atoms with E-state index in [0.29, 0.717) is 13.0 Å². The van der Waals surface area contributed by atoms with Crippen molar-refractivity contribution in [2.75, 3.05) is 33.9 Å². The van der Waals surface area contributed by atoms with Crippen LogP contribution in [0.25, 0.3) is 0 Å². The predicted molar refractivity (Wildman–Crippen MR) is 62.8 cm³/mol. The van der Waals surface area contributed by atoms with Crippen molar-refractivity contribution in [1.82, 2.24) is 5.32 Å². The molecule has 0 saturated carbocycles. The van der Waals surface area contributed by atoms with Crippen molar-refractivity contribution < 1.29 is 14.7 Å². The van der Waals surface area contributed by atoms with Crippen LogP contribution in [0.3, 0.4) is 0 Å². The Morgan fingerprint density at radius 3 is 2.75 bits per heavy atom. The van der Waals surface area contributed by atoms with E-state index in [-0.39, 0.29) is 11.9 Å². The van der Waals surface area contributed by atoms with E-state index in [4.69, 9.17) is 20.4 Å². The first-order chi connectivity index (χ1) is 7.74. The first-order valence-electron chi connectivity index (χ1n) is 5.43. The fraction of sp³-hybridized carbons (Fsp3) is 0.900. The molecule has 0 aromatic carbocycles. The highest BCUT2D eigenvalue weighted by Crippen LogP contribution is 1.94. The third kappa shape index (κ3) is 8.46. The first kappa shape index (κ1) is 15.2. The van der Waals surface area contributed by atoms with Crippen LogP contribution >= 0.6 is 0 Å². The van der Waals surface area contributed by atoms with Crippen LogP contribution in [0.2, 0.25) is 0 Å². The number of nitrogens with one attached hydrogen (secondary N) is 1. The Labute approximate surface area is 96.8 Å². The Kier molecular flexibility index (Phi) is 10.1. The fourth-order valence-electron chi connectivity index (χ4n) is 1.27. The summed E-state index contributed by atoms with van der Waals surface area (Å²) < 4.78 is 10.2. The molecule has 0 aromatic heterocycles. The lowest BCUT2D eigenvalue weighted by molar-refractivity contribution is 0.0290. The summed E-state index contributed by atoms with van der Waals surface area (Å²) in [5.74, 6) is 0.286. The van der Waals surface area contributed by atoms with Gasteiger partial charge >= 0.3 is 0 Å². The van der Waals surface area contributed by atoms with Crippen LogP contribution in [-0.4, -0.2) is 51.1 Å². The first-order valence-corrected chi connectivity index (χ1v) is 5.43. The molecule has 0 heterocycles. The molecular weight excluding hydrogens is 210 g/mol. The van der Waals surface area contributed by atoms with Crippen LogP contribution in [0.4, 0.5) is 0 Å². The zero-order valence-corrected chi connectivity index (χ0v) is 10.1. The molecule has 0 fully saturated rings. The number of rotatable bonds is 10. The third-order valence-electron chi connectivity index (χ3n) is 2.22. The molecular formula is C10H23N3O3. The number of nitrogens with zero attached hydrogens (tertiary/aromatic N) is 1. The molecule has 0 aliphatic carbocycles. The lowest BCUT2D eigenvalue weighted by Crippen LogP contribution is -2.32. The van der Waals surface area contributed by atoms with Crippen LogP contribution in [-0.2, 0) is 9.47 Å². The molecule has 0 amide bonds. The van der Waals surface area contributed by atoms with Crippen molar-refractivity contribution in [2.24, 2.45) is 10.9 Å². The van der Waals surface area contributed by atoms with Gasteiger partial charge in [-0.05, 0) is 19.4 Å². The normalized spacial score (nSPS) is 14.0. The number of oxime groups is 1. The minimum absolute atomic E-state index is 0.0917. The number of ether oxygens (including phenoxy) is 2. The van der Waals surface area contributed by atoms with Gasteiger partial charge in [0.2, 0.25) is 0 Å². The predicted octanol–water partition coefficient (Wildman–Crippen LogP) is 0.154. The monoisotopic (exact) mass is 233 g/mol. The minimum Gasteiger partial charge on any atom is -0.409 e. The molecule has 0 saturated heterocycles. The van der Waals surface area contributed by atoms with E-state index in [9.17, 15) is 0 Å². The van der Waals surface area contributed by atoms with Crippen molar-refractivity contribution in [2.45, 2.75) is 25.4 Å². The van der Waals surface area contributed by atoms with Crippen molar-refractivity contribution >= 4 is 5.84 Å². The molecule has 6 heteroatoms. The molecule has 1 atom stereocenters. The van der Waals surface area contributed by atoms with Crippen LogP contribution in [0.1, 0.15) is 19.3 Å². The zero-order chi connectivity index (χ0) is 12.2. The maximum absolute atomic E-state index is 8.32. The highest BCUT2D eigenvalue weighted by molar-refractivity contribution is 5.79. The Morgan fingerprint density at radius 1 is 1.44 bits per heavy atom. The smallest absolute Gasteiger partial charge is 0.139 e. The summed E-state index contributed by atoms with van der Waals surface area (Å²) in [5, 5.41) is 14.5. The van der Waals surface area contributed by atoms with Crippen molar-refractivity contribution in [3.05, 3.63) is 0 Å². The van der Waals surface area contributed by atoms with E-state index >= 15 is 0 Å². The molecule has 0 rings (SSSR count). The number of hydrogen-bond donors (Lipinski definition) is 3. The van der Waals surface area contributed by atoms with Crippen molar-refractivity contribution in [3.63, 3.8) is 0 Å². The Balaban J connectivity index is 3.31. The molecule has 0 aliphatic heterocycles. The Hall–Kier alpha value is -0.850. The quantitative estimate of drug-likeness (QED) is 0.164. The zero-order valence-electron chi connectivity index (χ0n) is 10.1. The summed E-state index contributed by atoms with van der Waals surface area (Å²) in [6.07, 6.45) is 2.61. The topological polar surface area (TPSA) is 89.1 Å². The fourth-order valence-corrected chi connectivity index (χ4v) is 1.27. The van der Waals surface area contributed by atoms with Gasteiger partial charge in [0.05, 0.1) is 12.7 Å². The van der Waals surface area contributed by atoms with Gasteiger partial charge in [0, 0.05) is 27.2 Å². The van der Waals surface area contributed by atoms with E-state index < -0.39 is 0 Å². The Bertz CT molecular complexity index is 188. The molecule has 96 valence electrons. The summed E-state index contributed by atoms with van der Waals surface area (Å²) in [4.78, 5) is 0. The highest BCUT2D eigenvalue weighted by atomic mass is 16.5. The molecule has 0 bridgehead atoms. The van der Waals surface area contributed by atoms with Crippen LogP contribution in [0.15, 0.2) is 5.16 Å². The van der Waals surface area contributed by atoms with Gasteiger partial charge in [-0.2, -0.15) is 0 Å². The van der Waals surface area contributed by atoms with E-state index in [2.05, 4.69) is 10.5 Å². The maximum Gasteiger partial charge on any atom is 0.139 e. The molecule has 6 nitrogen and oxygen atoms in total. The summed E-state index contributed by atoms with van der Waals surface area (Å²) in [6.45, 7) is 2.25. The average Bonchev–Trinajstić information content (AvgIpc) is 2.31. The van der Waals surface area contributed by atoms with Gasteiger partial charge in [-0.3, -0.25) is 0 Å². The molecule has 0 spiro atoms. The average molecular weight is 233 g/mol. The summed E-state index contributed by atoms with van der Waals surface area (Å²) in [5.41, 5.74) is 5.34. The standard InChI is InChI=1S/C10H23N3O3/c1-15-8-9(16-2)7-12-6-4-3-5-10(11)13-14/h9,12,14H,3-8H2,1-2H3,(H2,11,13). The molecule has 1 unspecified atom stereocenters. The number of unbranched alkanes of at least 4 members (excludes halogenated alkanes) is 1. The van der Waals surface area contributed by atoms with Gasteiger partial charge in [-0.25, -0.2) is 0 Å². The second-order valence-electron chi connectivity index (χ2n) is 3.57. The maximum atomic E-state index is 8.32. The highest BCUT2D eigenvalue weighted by Gasteiger charge is 2.04. The van der Waals surface area contributed by atoms with E-state index in [1.54, 1.807) is 14.2 Å². The number of amidine groups is 1. The van der Waals surface area contributed by atoms with Gasteiger partial charge in [-0.15, -0.1) is 0 Å². The largest absolute Gasteiger partial charge is 0.409 e. The van der Waals surface area contributed by atoms with Gasteiger partial charge in [0.1, 0.15) is 5.84 Å². The SMILES string of the molecule is COCC(CNCCCCC(N)=NO)OC. The van der Waals surface area contributed by atoms with E-state index in [0.717, 1.165) is 25.9 Å². The molecule has 4 N–H and O–H groups in total. The van der Waals surface area contributed by atoms with Crippen molar-refractivity contribution in [3.8, 4) is 0 Å². The van der Waals surface area contributed by atoms with E-state index in [1.807, 2.05) is 0 Å². The Morgan fingerprint density at radius 2 is 2.19 bits per heavy atom.